The summed E-state index contributed by atoms with van der Waals surface area (Å²) in [6.45, 7) is 3.14. The Hall–Kier alpha value is -2.85. The SMILES string of the molecule is CCOc1cccc(NOc2ccc(OCc3ccccc3)cc2)c1.Cl. The Morgan fingerprint density at radius 3 is 2.19 bits per heavy atom. The smallest absolute Gasteiger partial charge is 0.155 e. The fourth-order valence-corrected chi connectivity index (χ4v) is 2.28. The Morgan fingerprint density at radius 2 is 1.46 bits per heavy atom. The molecular weight excluding hydrogens is 350 g/mol. The molecule has 26 heavy (non-hydrogen) atoms. The second-order valence-corrected chi connectivity index (χ2v) is 5.41. The van der Waals surface area contributed by atoms with Crippen molar-refractivity contribution in [3.8, 4) is 17.2 Å². The summed E-state index contributed by atoms with van der Waals surface area (Å²) in [7, 11) is 0. The lowest BCUT2D eigenvalue weighted by Crippen LogP contribution is -2.05. The van der Waals surface area contributed by atoms with Crippen molar-refractivity contribution in [2.24, 2.45) is 0 Å². The first kappa shape index (κ1) is 19.5. The van der Waals surface area contributed by atoms with E-state index in [1.54, 1.807) is 0 Å². The first-order valence-electron chi connectivity index (χ1n) is 8.26. The zero-order valence-electron chi connectivity index (χ0n) is 14.6. The fraction of sp³-hybridized carbons (Fsp3) is 0.143. The Kier molecular flexibility index (Phi) is 7.65. The molecule has 3 rings (SSSR count). The average Bonchev–Trinajstić information content (AvgIpc) is 2.67. The van der Waals surface area contributed by atoms with Gasteiger partial charge in [0.1, 0.15) is 18.1 Å². The highest BCUT2D eigenvalue weighted by atomic mass is 35.5. The molecule has 0 saturated carbocycles. The summed E-state index contributed by atoms with van der Waals surface area (Å²) in [5.74, 6) is 2.31. The van der Waals surface area contributed by atoms with Crippen LogP contribution in [0, 0.1) is 0 Å². The van der Waals surface area contributed by atoms with Crippen molar-refractivity contribution in [1.29, 1.82) is 0 Å². The Balaban J connectivity index is 0.00000243. The Bertz CT molecular complexity index is 779. The summed E-state index contributed by atoms with van der Waals surface area (Å²) in [6.07, 6.45) is 0. The summed E-state index contributed by atoms with van der Waals surface area (Å²) in [6, 6.07) is 25.2. The maximum Gasteiger partial charge on any atom is 0.155 e. The fourth-order valence-electron chi connectivity index (χ4n) is 2.28. The van der Waals surface area contributed by atoms with Crippen molar-refractivity contribution in [3.63, 3.8) is 0 Å². The highest BCUT2D eigenvalue weighted by molar-refractivity contribution is 5.85. The van der Waals surface area contributed by atoms with Gasteiger partial charge in [0.25, 0.3) is 0 Å². The molecule has 0 aliphatic rings. The molecule has 0 fully saturated rings. The molecule has 0 bridgehead atoms. The molecule has 3 aromatic rings. The monoisotopic (exact) mass is 371 g/mol. The quantitative estimate of drug-likeness (QED) is 0.531. The zero-order valence-corrected chi connectivity index (χ0v) is 15.4. The molecule has 0 radical (unpaired) electrons. The highest BCUT2D eigenvalue weighted by Gasteiger charge is 2.00. The molecule has 0 spiro atoms. The van der Waals surface area contributed by atoms with Crippen LogP contribution in [-0.4, -0.2) is 6.61 Å². The minimum Gasteiger partial charge on any atom is -0.494 e. The topological polar surface area (TPSA) is 39.7 Å². The molecule has 4 nitrogen and oxygen atoms in total. The van der Waals surface area contributed by atoms with Crippen LogP contribution in [0.3, 0.4) is 0 Å². The van der Waals surface area contributed by atoms with E-state index in [1.165, 1.54) is 0 Å². The van der Waals surface area contributed by atoms with Crippen LogP contribution in [0.2, 0.25) is 0 Å². The highest BCUT2D eigenvalue weighted by Crippen LogP contribution is 2.21. The minimum atomic E-state index is 0. The van der Waals surface area contributed by atoms with Crippen LogP contribution in [-0.2, 0) is 6.61 Å². The number of halogens is 1. The minimum absolute atomic E-state index is 0. The number of ether oxygens (including phenoxy) is 2. The maximum atomic E-state index is 5.76. The summed E-state index contributed by atoms with van der Waals surface area (Å²) in [5.41, 5.74) is 4.88. The molecule has 0 aliphatic carbocycles. The molecule has 0 aromatic heterocycles. The van der Waals surface area contributed by atoms with Gasteiger partial charge in [0.05, 0.1) is 12.3 Å². The summed E-state index contributed by atoms with van der Waals surface area (Å²) in [4.78, 5) is 5.58. The summed E-state index contributed by atoms with van der Waals surface area (Å²) in [5, 5.41) is 0. The maximum absolute atomic E-state index is 5.76. The van der Waals surface area contributed by atoms with E-state index in [1.807, 2.05) is 85.8 Å². The van der Waals surface area contributed by atoms with Gasteiger partial charge in [0.2, 0.25) is 0 Å². The van der Waals surface area contributed by atoms with Gasteiger partial charge in [-0.05, 0) is 48.9 Å². The molecule has 0 unspecified atom stereocenters. The van der Waals surface area contributed by atoms with E-state index < -0.39 is 0 Å². The second-order valence-electron chi connectivity index (χ2n) is 5.41. The molecule has 0 atom stereocenters. The standard InChI is InChI=1S/C21H21NO3.ClH/c1-2-23-21-10-6-9-18(15-21)22-25-20-13-11-19(12-14-20)24-16-17-7-4-3-5-8-17;/h3-15,22H,2,16H2,1H3;1H. The van der Waals surface area contributed by atoms with Gasteiger partial charge in [-0.1, -0.05) is 36.4 Å². The molecule has 1 N–H and O–H groups in total. The molecule has 136 valence electrons. The van der Waals surface area contributed by atoms with Gasteiger partial charge >= 0.3 is 0 Å². The molecule has 5 heteroatoms. The van der Waals surface area contributed by atoms with E-state index in [0.717, 1.165) is 22.7 Å². The van der Waals surface area contributed by atoms with Crippen LogP contribution in [0.5, 0.6) is 17.2 Å². The third-order valence-corrected chi connectivity index (χ3v) is 3.50. The van der Waals surface area contributed by atoms with Gasteiger partial charge in [-0.15, -0.1) is 12.4 Å². The lowest BCUT2D eigenvalue weighted by molar-refractivity contribution is 0.305. The van der Waals surface area contributed by atoms with Crippen LogP contribution in [0.1, 0.15) is 12.5 Å². The van der Waals surface area contributed by atoms with Crippen LogP contribution in [0.15, 0.2) is 78.9 Å². The molecule has 0 heterocycles. The van der Waals surface area contributed by atoms with Crippen molar-refractivity contribution in [2.45, 2.75) is 13.5 Å². The van der Waals surface area contributed by atoms with Crippen LogP contribution in [0.4, 0.5) is 5.69 Å². The van der Waals surface area contributed by atoms with Gasteiger partial charge in [-0.2, -0.15) is 0 Å². The molecule has 3 aromatic carbocycles. The van der Waals surface area contributed by atoms with E-state index in [2.05, 4.69) is 5.48 Å². The van der Waals surface area contributed by atoms with Crippen LogP contribution in [0.25, 0.3) is 0 Å². The number of benzene rings is 3. The Morgan fingerprint density at radius 1 is 0.731 bits per heavy atom. The van der Waals surface area contributed by atoms with Crippen molar-refractivity contribution in [2.75, 3.05) is 12.1 Å². The van der Waals surface area contributed by atoms with Gasteiger partial charge in [0, 0.05) is 6.07 Å². The predicted molar refractivity (Wildman–Crippen MR) is 106 cm³/mol. The molecule has 0 aliphatic heterocycles. The lowest BCUT2D eigenvalue weighted by atomic mass is 10.2. The van der Waals surface area contributed by atoms with Crippen molar-refractivity contribution < 1.29 is 14.3 Å². The van der Waals surface area contributed by atoms with Crippen LogP contribution < -0.4 is 19.8 Å². The summed E-state index contributed by atoms with van der Waals surface area (Å²) < 4.78 is 11.2. The third kappa shape index (κ3) is 5.90. The molecular formula is C21H22ClNO3. The van der Waals surface area contributed by atoms with Gasteiger partial charge in [-0.25, -0.2) is 5.48 Å². The average molecular weight is 372 g/mol. The van der Waals surface area contributed by atoms with Gasteiger partial charge < -0.3 is 14.3 Å². The van der Waals surface area contributed by atoms with Crippen LogP contribution >= 0.6 is 12.4 Å². The van der Waals surface area contributed by atoms with Gasteiger partial charge in [0.15, 0.2) is 5.75 Å². The van der Waals surface area contributed by atoms with E-state index in [4.69, 9.17) is 14.3 Å². The first-order chi connectivity index (χ1) is 12.3. The van der Waals surface area contributed by atoms with Crippen molar-refractivity contribution >= 4 is 18.1 Å². The van der Waals surface area contributed by atoms with Crippen molar-refractivity contribution in [3.05, 3.63) is 84.4 Å². The first-order valence-corrected chi connectivity index (χ1v) is 8.26. The third-order valence-electron chi connectivity index (χ3n) is 3.50. The second kappa shape index (κ2) is 10.2. The number of anilines is 1. The van der Waals surface area contributed by atoms with E-state index in [9.17, 15) is 0 Å². The van der Waals surface area contributed by atoms with E-state index in [-0.39, 0.29) is 12.4 Å². The van der Waals surface area contributed by atoms with Gasteiger partial charge in [-0.3, -0.25) is 0 Å². The predicted octanol–water partition coefficient (Wildman–Crippen LogP) is 5.49. The largest absolute Gasteiger partial charge is 0.494 e. The number of hydrogen-bond acceptors (Lipinski definition) is 4. The molecule has 0 saturated heterocycles. The number of nitrogens with one attached hydrogen (secondary N) is 1. The number of hydrogen-bond donors (Lipinski definition) is 1. The van der Waals surface area contributed by atoms with E-state index >= 15 is 0 Å². The van der Waals surface area contributed by atoms with Crippen molar-refractivity contribution in [1.82, 2.24) is 0 Å². The zero-order chi connectivity index (χ0) is 17.3. The molecule has 0 amide bonds. The normalized spacial score (nSPS) is 9.73. The van der Waals surface area contributed by atoms with E-state index in [0.29, 0.717) is 19.0 Å². The summed E-state index contributed by atoms with van der Waals surface area (Å²) >= 11 is 0. The lowest BCUT2D eigenvalue weighted by Gasteiger charge is -2.11. The number of rotatable bonds is 8. The Labute approximate surface area is 160 Å².